The van der Waals surface area contributed by atoms with Crippen molar-refractivity contribution in [3.63, 3.8) is 0 Å². The lowest BCUT2D eigenvalue weighted by molar-refractivity contribution is 0.0953. The Morgan fingerprint density at radius 1 is 1.10 bits per heavy atom. The van der Waals surface area contributed by atoms with Gasteiger partial charge in [-0.3, -0.25) is 14.3 Å². The van der Waals surface area contributed by atoms with Crippen molar-refractivity contribution in [1.82, 2.24) is 24.7 Å². The topological polar surface area (TPSA) is 139 Å². The second kappa shape index (κ2) is 12.2. The molecule has 0 atom stereocenters. The summed E-state index contributed by atoms with van der Waals surface area (Å²) in [6, 6.07) is 7.41. The van der Waals surface area contributed by atoms with Crippen LogP contribution < -0.4 is 15.8 Å². The van der Waals surface area contributed by atoms with E-state index in [0.29, 0.717) is 29.3 Å². The number of rotatable bonds is 9. The molecule has 1 aromatic carbocycles. The SMILES string of the molecule is Cc1c(C(=O)NCCc2noc(=O)[nH]2)cc(-c2ccc(S(=O)(=O)NC(C)(C)C)c(C(C)(C)C)c2)n1CC1CCCCC1. The molecule has 42 heavy (non-hydrogen) atoms. The van der Waals surface area contributed by atoms with Crippen molar-refractivity contribution in [2.75, 3.05) is 6.54 Å². The quantitative estimate of drug-likeness (QED) is 0.314. The number of nitrogens with zero attached hydrogens (tertiary/aromatic N) is 2. The molecule has 1 fully saturated rings. The Kier molecular flexibility index (Phi) is 9.22. The Bertz CT molecular complexity index is 1580. The van der Waals surface area contributed by atoms with E-state index in [1.807, 2.05) is 66.7 Å². The van der Waals surface area contributed by atoms with Crippen LogP contribution >= 0.6 is 0 Å². The zero-order chi connectivity index (χ0) is 30.9. The molecule has 2 aromatic heterocycles. The third-order valence-corrected chi connectivity index (χ3v) is 9.54. The Hall–Kier alpha value is -3.18. The number of aromatic nitrogens is 3. The summed E-state index contributed by atoms with van der Waals surface area (Å²) in [6.45, 7) is 14.6. The van der Waals surface area contributed by atoms with Crippen LogP contribution in [0.1, 0.15) is 101 Å². The molecule has 0 saturated heterocycles. The van der Waals surface area contributed by atoms with Crippen LogP contribution in [0.25, 0.3) is 11.3 Å². The van der Waals surface area contributed by atoms with Crippen LogP contribution in [0.5, 0.6) is 0 Å². The molecule has 0 unspecified atom stereocenters. The van der Waals surface area contributed by atoms with Crippen LogP contribution in [0.15, 0.2) is 38.5 Å². The van der Waals surface area contributed by atoms with E-state index in [4.69, 9.17) is 0 Å². The predicted molar refractivity (Wildman–Crippen MR) is 163 cm³/mol. The number of benzene rings is 1. The van der Waals surface area contributed by atoms with E-state index < -0.39 is 26.7 Å². The molecule has 11 heteroatoms. The number of hydrogen-bond donors (Lipinski definition) is 3. The molecule has 1 aliphatic rings. The van der Waals surface area contributed by atoms with Gasteiger partial charge in [-0.15, -0.1) is 0 Å². The number of sulfonamides is 1. The summed E-state index contributed by atoms with van der Waals surface area (Å²) >= 11 is 0. The Labute approximate surface area is 248 Å². The molecule has 3 N–H and O–H groups in total. The number of carbonyl (C=O) groups excluding carboxylic acids is 1. The molecule has 0 spiro atoms. The van der Waals surface area contributed by atoms with Crippen LogP contribution in [-0.4, -0.2) is 41.1 Å². The molecule has 0 aliphatic heterocycles. The number of H-pyrrole nitrogens is 1. The predicted octanol–water partition coefficient (Wildman–Crippen LogP) is 5.07. The van der Waals surface area contributed by atoms with Gasteiger partial charge in [0.2, 0.25) is 10.0 Å². The summed E-state index contributed by atoms with van der Waals surface area (Å²) in [7, 11) is -3.77. The van der Waals surface area contributed by atoms with Gasteiger partial charge in [0.05, 0.1) is 10.5 Å². The van der Waals surface area contributed by atoms with Crippen molar-refractivity contribution in [3.8, 4) is 11.3 Å². The van der Waals surface area contributed by atoms with E-state index in [1.165, 1.54) is 19.3 Å². The fourth-order valence-electron chi connectivity index (χ4n) is 5.70. The van der Waals surface area contributed by atoms with Crippen molar-refractivity contribution in [2.45, 2.75) is 109 Å². The van der Waals surface area contributed by atoms with Gasteiger partial charge in [-0.1, -0.05) is 51.3 Å². The summed E-state index contributed by atoms with van der Waals surface area (Å²) in [5, 5.41) is 6.59. The van der Waals surface area contributed by atoms with Gasteiger partial charge in [0, 0.05) is 36.4 Å². The van der Waals surface area contributed by atoms with Gasteiger partial charge in [-0.25, -0.2) is 17.9 Å². The highest BCUT2D eigenvalue weighted by Gasteiger charge is 2.30. The van der Waals surface area contributed by atoms with E-state index >= 15 is 0 Å². The average Bonchev–Trinajstić information content (AvgIpc) is 3.45. The second-order valence-corrected chi connectivity index (χ2v) is 15.2. The molecule has 230 valence electrons. The summed E-state index contributed by atoms with van der Waals surface area (Å²) in [5.41, 5.74) is 2.84. The van der Waals surface area contributed by atoms with Gasteiger partial charge in [0.25, 0.3) is 5.91 Å². The maximum absolute atomic E-state index is 13.4. The fourth-order valence-corrected chi connectivity index (χ4v) is 7.52. The Balaban J connectivity index is 1.74. The molecule has 1 aliphatic carbocycles. The molecule has 1 saturated carbocycles. The van der Waals surface area contributed by atoms with E-state index in [2.05, 4.69) is 29.3 Å². The van der Waals surface area contributed by atoms with Gasteiger partial charge in [0.15, 0.2) is 5.82 Å². The first-order valence-electron chi connectivity index (χ1n) is 14.8. The number of carbonyl (C=O) groups is 1. The monoisotopic (exact) mass is 599 g/mol. The maximum Gasteiger partial charge on any atom is 0.438 e. The Morgan fingerprint density at radius 3 is 2.38 bits per heavy atom. The molecule has 1 amide bonds. The van der Waals surface area contributed by atoms with Crippen LogP contribution in [-0.2, 0) is 28.4 Å². The first kappa shape index (κ1) is 31.7. The standard InChI is InChI=1S/C31H45N5O5S/c1-20-23(28(37)32-16-15-27-33-29(38)41-34-27)18-25(36(20)19-21-11-9-8-10-12-21)22-13-14-26(24(17-22)30(2,3)4)42(39,40)35-31(5,6)7/h13-14,17-18,21,35H,8-12,15-16,19H2,1-7H3,(H,32,37)(H,33,34,38). The first-order valence-corrected chi connectivity index (χ1v) is 16.3. The van der Waals surface area contributed by atoms with E-state index in [0.717, 1.165) is 36.3 Å². The minimum Gasteiger partial charge on any atom is -0.352 e. The maximum atomic E-state index is 13.4. The van der Waals surface area contributed by atoms with Gasteiger partial charge in [0.1, 0.15) is 0 Å². The summed E-state index contributed by atoms with van der Waals surface area (Å²) in [5.74, 6) is 0.0466. The second-order valence-electron chi connectivity index (χ2n) is 13.5. The molecule has 3 aromatic rings. The largest absolute Gasteiger partial charge is 0.438 e. The van der Waals surface area contributed by atoms with Crippen molar-refractivity contribution < 1.29 is 17.7 Å². The third-order valence-electron chi connectivity index (χ3n) is 7.72. The van der Waals surface area contributed by atoms with Gasteiger partial charge in [-0.2, -0.15) is 0 Å². The molecule has 2 heterocycles. The van der Waals surface area contributed by atoms with Crippen molar-refractivity contribution in [3.05, 3.63) is 57.5 Å². The van der Waals surface area contributed by atoms with Crippen LogP contribution in [0.2, 0.25) is 0 Å². The highest BCUT2D eigenvalue weighted by Crippen LogP contribution is 2.36. The van der Waals surface area contributed by atoms with Crippen molar-refractivity contribution in [2.24, 2.45) is 5.92 Å². The van der Waals surface area contributed by atoms with Crippen LogP contribution in [0.3, 0.4) is 0 Å². The normalized spacial score (nSPS) is 15.2. The third kappa shape index (κ3) is 7.60. The number of nitrogens with one attached hydrogen (secondary N) is 3. The zero-order valence-corrected chi connectivity index (χ0v) is 26.7. The molecular weight excluding hydrogens is 554 g/mol. The summed E-state index contributed by atoms with van der Waals surface area (Å²) in [6.07, 6.45) is 6.30. The lowest BCUT2D eigenvalue weighted by atomic mass is 9.85. The Morgan fingerprint density at radius 2 is 1.79 bits per heavy atom. The molecule has 0 radical (unpaired) electrons. The van der Waals surface area contributed by atoms with E-state index in [9.17, 15) is 18.0 Å². The lowest BCUT2D eigenvalue weighted by Gasteiger charge is -2.27. The molecular formula is C31H45N5O5S. The van der Waals surface area contributed by atoms with Crippen molar-refractivity contribution in [1.29, 1.82) is 0 Å². The van der Waals surface area contributed by atoms with Crippen molar-refractivity contribution >= 4 is 15.9 Å². The number of aromatic amines is 1. The molecule has 10 nitrogen and oxygen atoms in total. The van der Waals surface area contributed by atoms with Crippen LogP contribution in [0, 0.1) is 12.8 Å². The van der Waals surface area contributed by atoms with Crippen LogP contribution in [0.4, 0.5) is 0 Å². The highest BCUT2D eigenvalue weighted by molar-refractivity contribution is 7.89. The molecule has 4 rings (SSSR count). The van der Waals surface area contributed by atoms with E-state index in [1.54, 1.807) is 6.07 Å². The molecule has 0 bridgehead atoms. The van der Waals surface area contributed by atoms with Gasteiger partial charge in [-0.05, 0) is 81.2 Å². The lowest BCUT2D eigenvalue weighted by Crippen LogP contribution is -2.41. The fraction of sp³-hybridized carbons (Fsp3) is 0.581. The summed E-state index contributed by atoms with van der Waals surface area (Å²) < 4.78 is 36.4. The van der Waals surface area contributed by atoms with Gasteiger partial charge < -0.3 is 9.88 Å². The van der Waals surface area contributed by atoms with Gasteiger partial charge >= 0.3 is 5.76 Å². The van der Waals surface area contributed by atoms with E-state index in [-0.39, 0.29) is 17.3 Å². The summed E-state index contributed by atoms with van der Waals surface area (Å²) in [4.78, 5) is 27.3. The first-order chi connectivity index (χ1) is 19.5. The number of amides is 1. The minimum atomic E-state index is -3.77. The number of hydrogen-bond acceptors (Lipinski definition) is 6. The average molecular weight is 600 g/mol. The zero-order valence-electron chi connectivity index (χ0n) is 25.9. The minimum absolute atomic E-state index is 0.216. The smallest absolute Gasteiger partial charge is 0.352 e. The highest BCUT2D eigenvalue weighted by atomic mass is 32.2.